The van der Waals surface area contributed by atoms with Crippen LogP contribution in [-0.2, 0) is 11.2 Å². The molecular weight excluding hydrogens is 316 g/mol. The molecule has 0 saturated carbocycles. The van der Waals surface area contributed by atoms with Gasteiger partial charge in [0.1, 0.15) is 13.2 Å². The molecule has 0 saturated heterocycles. The van der Waals surface area contributed by atoms with Gasteiger partial charge in [0, 0.05) is 13.0 Å². The number of benzene rings is 1. The van der Waals surface area contributed by atoms with Gasteiger partial charge in [-0.15, -0.1) is 0 Å². The van der Waals surface area contributed by atoms with Crippen LogP contribution in [0.4, 0.5) is 0 Å². The minimum atomic E-state index is 0.0985. The third-order valence-electron chi connectivity index (χ3n) is 3.75. The maximum atomic E-state index is 11.8. The first-order valence-electron chi connectivity index (χ1n) is 8.25. The normalized spacial score (nSPS) is 13.0. The maximum absolute atomic E-state index is 11.8. The number of amides is 1. The highest BCUT2D eigenvalue weighted by molar-refractivity contribution is 6.32. The molecule has 128 valence electrons. The average Bonchev–Trinajstić information content (AvgIpc) is 2.55. The summed E-state index contributed by atoms with van der Waals surface area (Å²) in [5.74, 6) is 1.40. The van der Waals surface area contributed by atoms with E-state index in [1.165, 1.54) is 0 Å². The fourth-order valence-corrected chi connectivity index (χ4v) is 2.81. The second-order valence-corrected chi connectivity index (χ2v) is 6.06. The molecule has 5 nitrogen and oxygen atoms in total. The Kier molecular flexibility index (Phi) is 7.49. The average molecular weight is 341 g/mol. The van der Waals surface area contributed by atoms with Crippen molar-refractivity contribution in [2.75, 3.05) is 26.3 Å². The van der Waals surface area contributed by atoms with Gasteiger partial charge in [0.25, 0.3) is 0 Å². The molecular formula is C17H25ClN2O3. The van der Waals surface area contributed by atoms with Crippen molar-refractivity contribution in [2.24, 2.45) is 5.73 Å². The van der Waals surface area contributed by atoms with Gasteiger partial charge in [-0.3, -0.25) is 4.79 Å². The third kappa shape index (κ3) is 5.92. The lowest BCUT2D eigenvalue weighted by Crippen LogP contribution is -2.25. The maximum Gasteiger partial charge on any atom is 0.220 e. The quantitative estimate of drug-likeness (QED) is 0.678. The van der Waals surface area contributed by atoms with Gasteiger partial charge >= 0.3 is 0 Å². The Labute approximate surface area is 142 Å². The monoisotopic (exact) mass is 340 g/mol. The molecule has 23 heavy (non-hydrogen) atoms. The lowest BCUT2D eigenvalue weighted by molar-refractivity contribution is -0.121. The Morgan fingerprint density at radius 1 is 1.17 bits per heavy atom. The molecule has 1 aliphatic rings. The minimum absolute atomic E-state index is 0.0985. The van der Waals surface area contributed by atoms with Crippen LogP contribution in [0.25, 0.3) is 0 Å². The molecule has 1 aliphatic heterocycles. The van der Waals surface area contributed by atoms with Gasteiger partial charge in [0.15, 0.2) is 11.5 Å². The van der Waals surface area contributed by atoms with E-state index in [1.54, 1.807) is 0 Å². The molecule has 0 aromatic heterocycles. The molecule has 0 spiro atoms. The zero-order valence-corrected chi connectivity index (χ0v) is 14.2. The Morgan fingerprint density at radius 2 is 1.96 bits per heavy atom. The summed E-state index contributed by atoms with van der Waals surface area (Å²) in [6, 6.07) is 3.80. The molecule has 3 N–H and O–H groups in total. The molecule has 2 rings (SSSR count). The van der Waals surface area contributed by atoms with Crippen molar-refractivity contribution in [1.82, 2.24) is 5.32 Å². The Bertz CT molecular complexity index is 523. The number of nitrogens with one attached hydrogen (secondary N) is 1. The van der Waals surface area contributed by atoms with Crippen LogP contribution in [0.3, 0.4) is 0 Å². The van der Waals surface area contributed by atoms with E-state index >= 15 is 0 Å². The summed E-state index contributed by atoms with van der Waals surface area (Å²) in [7, 11) is 0. The summed E-state index contributed by atoms with van der Waals surface area (Å²) in [6.45, 7) is 2.38. The number of carbonyl (C=O) groups is 1. The van der Waals surface area contributed by atoms with Crippen LogP contribution in [-0.4, -0.2) is 32.2 Å². The molecule has 1 heterocycles. The van der Waals surface area contributed by atoms with Gasteiger partial charge in [0.05, 0.1) is 5.02 Å². The molecule has 1 aromatic rings. The van der Waals surface area contributed by atoms with Crippen LogP contribution in [0, 0.1) is 0 Å². The van der Waals surface area contributed by atoms with Crippen LogP contribution in [0.2, 0.25) is 5.02 Å². The van der Waals surface area contributed by atoms with Crippen molar-refractivity contribution < 1.29 is 14.3 Å². The Balaban J connectivity index is 1.70. The van der Waals surface area contributed by atoms with Crippen molar-refractivity contribution in [3.8, 4) is 11.5 Å². The molecule has 0 atom stereocenters. The van der Waals surface area contributed by atoms with E-state index in [1.807, 2.05) is 12.1 Å². The van der Waals surface area contributed by atoms with Gasteiger partial charge in [-0.2, -0.15) is 0 Å². The summed E-state index contributed by atoms with van der Waals surface area (Å²) in [5, 5.41) is 3.50. The molecule has 1 amide bonds. The second-order valence-electron chi connectivity index (χ2n) is 5.65. The molecule has 0 unspecified atom stereocenters. The van der Waals surface area contributed by atoms with Gasteiger partial charge in [-0.1, -0.05) is 24.4 Å². The number of fused-ring (bicyclic) bond motifs is 1. The lowest BCUT2D eigenvalue weighted by Gasteiger charge is -2.20. The highest BCUT2D eigenvalue weighted by Gasteiger charge is 2.16. The summed E-state index contributed by atoms with van der Waals surface area (Å²) in [6.07, 6.45) is 5.40. The molecule has 1 aromatic carbocycles. The number of unbranched alkanes of at least 4 members (excludes halogenated alkanes) is 3. The first-order chi connectivity index (χ1) is 11.2. The Hall–Kier alpha value is -1.46. The fraction of sp³-hybridized carbons (Fsp3) is 0.588. The standard InChI is InChI=1S/C17H25ClN2O3/c18-14-11-13(12-15-17(14)23-10-9-22-15)6-8-20-16(21)5-3-1-2-4-7-19/h11-12H,1-10,19H2,(H,20,21). The summed E-state index contributed by atoms with van der Waals surface area (Å²) < 4.78 is 11.0. The van der Waals surface area contributed by atoms with Gasteiger partial charge in [0.2, 0.25) is 5.91 Å². The summed E-state index contributed by atoms with van der Waals surface area (Å²) in [5.41, 5.74) is 6.47. The summed E-state index contributed by atoms with van der Waals surface area (Å²) in [4.78, 5) is 11.8. The van der Waals surface area contributed by atoms with Crippen molar-refractivity contribution in [3.63, 3.8) is 0 Å². The van der Waals surface area contributed by atoms with Crippen molar-refractivity contribution in [2.45, 2.75) is 38.5 Å². The van der Waals surface area contributed by atoms with Gasteiger partial charge in [-0.05, 0) is 43.5 Å². The zero-order chi connectivity index (χ0) is 16.5. The van der Waals surface area contributed by atoms with E-state index in [9.17, 15) is 4.79 Å². The molecule has 6 heteroatoms. The van der Waals surface area contributed by atoms with E-state index in [4.69, 9.17) is 26.8 Å². The molecule has 0 radical (unpaired) electrons. The SMILES string of the molecule is NCCCCCCC(=O)NCCc1cc(Cl)c2c(c1)OCCO2. The van der Waals surface area contributed by atoms with Crippen molar-refractivity contribution in [3.05, 3.63) is 22.7 Å². The number of hydrogen-bond donors (Lipinski definition) is 2. The van der Waals surface area contributed by atoms with E-state index in [0.29, 0.717) is 42.7 Å². The predicted octanol–water partition coefficient (Wildman–Crippen LogP) is 2.68. The number of rotatable bonds is 9. The number of halogens is 1. The number of carbonyl (C=O) groups excluding carboxylic acids is 1. The Morgan fingerprint density at radius 3 is 2.78 bits per heavy atom. The number of ether oxygens (including phenoxy) is 2. The number of hydrogen-bond acceptors (Lipinski definition) is 4. The first-order valence-corrected chi connectivity index (χ1v) is 8.63. The van der Waals surface area contributed by atoms with E-state index < -0.39 is 0 Å². The molecule has 0 fully saturated rings. The first kappa shape index (κ1) is 17.9. The van der Waals surface area contributed by atoms with E-state index in [0.717, 1.165) is 44.2 Å². The number of nitrogens with two attached hydrogens (primary N) is 1. The van der Waals surface area contributed by atoms with E-state index in [2.05, 4.69) is 5.32 Å². The second kappa shape index (κ2) is 9.63. The minimum Gasteiger partial charge on any atom is -0.486 e. The lowest BCUT2D eigenvalue weighted by atomic mass is 10.1. The van der Waals surface area contributed by atoms with Crippen molar-refractivity contribution >= 4 is 17.5 Å². The highest BCUT2D eigenvalue weighted by atomic mass is 35.5. The highest BCUT2D eigenvalue weighted by Crippen LogP contribution is 2.38. The van der Waals surface area contributed by atoms with Crippen LogP contribution < -0.4 is 20.5 Å². The summed E-state index contributed by atoms with van der Waals surface area (Å²) >= 11 is 6.20. The largest absolute Gasteiger partial charge is 0.486 e. The smallest absolute Gasteiger partial charge is 0.220 e. The topological polar surface area (TPSA) is 73.6 Å². The van der Waals surface area contributed by atoms with Crippen LogP contribution in [0.15, 0.2) is 12.1 Å². The van der Waals surface area contributed by atoms with Crippen LogP contribution >= 0.6 is 11.6 Å². The predicted molar refractivity (Wildman–Crippen MR) is 91.3 cm³/mol. The zero-order valence-electron chi connectivity index (χ0n) is 13.4. The van der Waals surface area contributed by atoms with Crippen molar-refractivity contribution in [1.29, 1.82) is 0 Å². The fourth-order valence-electron chi connectivity index (χ4n) is 2.53. The van der Waals surface area contributed by atoms with Crippen LogP contribution in [0.1, 0.15) is 37.7 Å². The van der Waals surface area contributed by atoms with E-state index in [-0.39, 0.29) is 5.91 Å². The molecule has 0 bridgehead atoms. The van der Waals surface area contributed by atoms with Gasteiger partial charge < -0.3 is 20.5 Å². The molecule has 0 aliphatic carbocycles. The third-order valence-corrected chi connectivity index (χ3v) is 4.03. The van der Waals surface area contributed by atoms with Crippen LogP contribution in [0.5, 0.6) is 11.5 Å². The van der Waals surface area contributed by atoms with Gasteiger partial charge in [-0.25, -0.2) is 0 Å².